The average Bonchev–Trinajstić information content (AvgIpc) is 2.60. The molecule has 1 aliphatic heterocycles. The highest BCUT2D eigenvalue weighted by molar-refractivity contribution is 7.99. The van der Waals surface area contributed by atoms with Crippen molar-refractivity contribution in [2.75, 3.05) is 33.2 Å². The van der Waals surface area contributed by atoms with E-state index in [1.165, 1.54) is 10.5 Å². The summed E-state index contributed by atoms with van der Waals surface area (Å²) < 4.78 is 0. The number of aliphatic hydroxyl groups excluding tert-OH is 1. The van der Waals surface area contributed by atoms with Gasteiger partial charge in [-0.1, -0.05) is 41.6 Å². The Bertz CT molecular complexity index is 715. The molecule has 134 valence electrons. The minimum Gasteiger partial charge on any atom is -0.389 e. The topological polar surface area (TPSA) is 26.7 Å². The molecule has 0 aromatic heterocycles. The van der Waals surface area contributed by atoms with Crippen molar-refractivity contribution in [3.8, 4) is 0 Å². The molecule has 3 rings (SSSR count). The van der Waals surface area contributed by atoms with Crippen LogP contribution in [-0.4, -0.2) is 48.1 Å². The molecular formula is C20H25ClN2OS. The fourth-order valence-corrected chi connectivity index (χ4v) is 4.35. The van der Waals surface area contributed by atoms with Gasteiger partial charge in [-0.2, -0.15) is 0 Å². The molecule has 0 radical (unpaired) electrons. The van der Waals surface area contributed by atoms with Crippen molar-refractivity contribution in [1.29, 1.82) is 0 Å². The van der Waals surface area contributed by atoms with Gasteiger partial charge in [-0.3, -0.25) is 4.90 Å². The standard InChI is InChI=1S/C20H25ClN2OS/c1-15(24)18-13-17(21)7-8-20(18)25-19-6-4-3-5-16(19)14-23-11-9-22(2)10-12-23/h3-8,13,15,24H,9-12,14H2,1-2H3/t15-/m1/s1. The van der Waals surface area contributed by atoms with Gasteiger partial charge in [-0.15, -0.1) is 0 Å². The summed E-state index contributed by atoms with van der Waals surface area (Å²) in [4.78, 5) is 7.19. The number of rotatable bonds is 5. The van der Waals surface area contributed by atoms with Crippen molar-refractivity contribution in [2.45, 2.75) is 29.4 Å². The molecule has 3 nitrogen and oxygen atoms in total. The first-order chi connectivity index (χ1) is 12.0. The van der Waals surface area contributed by atoms with Crippen LogP contribution in [0, 0.1) is 0 Å². The second-order valence-corrected chi connectivity index (χ2v) is 8.17. The average molecular weight is 377 g/mol. The lowest BCUT2D eigenvalue weighted by atomic mass is 10.1. The third-order valence-corrected chi connectivity index (χ3v) is 6.05. The zero-order chi connectivity index (χ0) is 17.8. The van der Waals surface area contributed by atoms with Gasteiger partial charge in [0.15, 0.2) is 0 Å². The monoisotopic (exact) mass is 376 g/mol. The SMILES string of the molecule is C[C@@H](O)c1cc(Cl)ccc1Sc1ccccc1CN1CCN(C)CC1. The summed E-state index contributed by atoms with van der Waals surface area (Å²) in [6.45, 7) is 7.21. The van der Waals surface area contributed by atoms with Gasteiger partial charge in [-0.25, -0.2) is 0 Å². The predicted octanol–water partition coefficient (Wildman–Crippen LogP) is 4.29. The van der Waals surface area contributed by atoms with Crippen LogP contribution in [-0.2, 0) is 6.54 Å². The Balaban J connectivity index is 1.80. The molecule has 1 fully saturated rings. The molecule has 1 saturated heterocycles. The Morgan fingerprint density at radius 3 is 2.52 bits per heavy atom. The van der Waals surface area contributed by atoms with E-state index >= 15 is 0 Å². The maximum atomic E-state index is 10.1. The number of likely N-dealkylation sites (N-methyl/N-ethyl adjacent to an activating group) is 1. The molecule has 0 spiro atoms. The lowest BCUT2D eigenvalue weighted by Gasteiger charge is -2.32. The molecule has 0 amide bonds. The fourth-order valence-electron chi connectivity index (χ4n) is 3.04. The normalized spacial score (nSPS) is 17.6. The molecule has 1 N–H and O–H groups in total. The largest absolute Gasteiger partial charge is 0.389 e. The Morgan fingerprint density at radius 1 is 1.08 bits per heavy atom. The summed E-state index contributed by atoms with van der Waals surface area (Å²) in [7, 11) is 2.18. The van der Waals surface area contributed by atoms with Crippen LogP contribution in [0.5, 0.6) is 0 Å². The summed E-state index contributed by atoms with van der Waals surface area (Å²) in [6.07, 6.45) is -0.536. The number of nitrogens with zero attached hydrogens (tertiary/aromatic N) is 2. The summed E-state index contributed by atoms with van der Waals surface area (Å²) >= 11 is 7.82. The summed E-state index contributed by atoms with van der Waals surface area (Å²) in [5, 5.41) is 10.7. The highest BCUT2D eigenvalue weighted by atomic mass is 35.5. The first-order valence-corrected chi connectivity index (χ1v) is 9.86. The van der Waals surface area contributed by atoms with Crippen LogP contribution >= 0.6 is 23.4 Å². The van der Waals surface area contributed by atoms with Crippen LogP contribution in [0.2, 0.25) is 5.02 Å². The van der Waals surface area contributed by atoms with E-state index in [9.17, 15) is 5.11 Å². The number of piperazine rings is 1. The van der Waals surface area contributed by atoms with E-state index in [2.05, 4.69) is 41.1 Å². The van der Waals surface area contributed by atoms with Crippen molar-refractivity contribution in [3.05, 3.63) is 58.6 Å². The minimum absolute atomic E-state index is 0.536. The number of hydrogen-bond donors (Lipinski definition) is 1. The third-order valence-electron chi connectivity index (χ3n) is 4.60. The van der Waals surface area contributed by atoms with Crippen LogP contribution in [0.4, 0.5) is 0 Å². The molecule has 0 saturated carbocycles. The molecule has 1 atom stereocenters. The van der Waals surface area contributed by atoms with Gasteiger partial charge in [0.25, 0.3) is 0 Å². The minimum atomic E-state index is -0.536. The second-order valence-electron chi connectivity index (χ2n) is 6.65. The van der Waals surface area contributed by atoms with E-state index in [-0.39, 0.29) is 0 Å². The van der Waals surface area contributed by atoms with Gasteiger partial charge in [-0.05, 0) is 49.4 Å². The Hall–Kier alpha value is -1.04. The number of aliphatic hydroxyl groups is 1. The molecule has 0 bridgehead atoms. The maximum absolute atomic E-state index is 10.1. The molecule has 2 aromatic carbocycles. The summed E-state index contributed by atoms with van der Waals surface area (Å²) in [6, 6.07) is 14.3. The summed E-state index contributed by atoms with van der Waals surface area (Å²) in [5.74, 6) is 0. The van der Waals surface area contributed by atoms with Crippen LogP contribution in [0.3, 0.4) is 0 Å². The van der Waals surface area contributed by atoms with E-state index < -0.39 is 6.10 Å². The molecule has 5 heteroatoms. The van der Waals surface area contributed by atoms with E-state index in [4.69, 9.17) is 11.6 Å². The first kappa shape index (κ1) is 18.7. The molecule has 25 heavy (non-hydrogen) atoms. The third kappa shape index (κ3) is 4.99. The molecule has 0 unspecified atom stereocenters. The smallest absolute Gasteiger partial charge is 0.0773 e. The Morgan fingerprint density at radius 2 is 1.80 bits per heavy atom. The van der Waals surface area contributed by atoms with Crippen molar-refractivity contribution < 1.29 is 5.11 Å². The Labute approximate surface area is 159 Å². The van der Waals surface area contributed by atoms with Gasteiger partial charge in [0.2, 0.25) is 0 Å². The number of hydrogen-bond acceptors (Lipinski definition) is 4. The zero-order valence-corrected chi connectivity index (χ0v) is 16.4. The van der Waals surface area contributed by atoms with Crippen LogP contribution in [0.25, 0.3) is 0 Å². The summed E-state index contributed by atoms with van der Waals surface area (Å²) in [5.41, 5.74) is 2.22. The lowest BCUT2D eigenvalue weighted by molar-refractivity contribution is 0.147. The molecular weight excluding hydrogens is 352 g/mol. The van der Waals surface area contributed by atoms with Crippen LogP contribution in [0.15, 0.2) is 52.3 Å². The first-order valence-electron chi connectivity index (χ1n) is 8.67. The van der Waals surface area contributed by atoms with Gasteiger partial charge < -0.3 is 10.0 Å². The predicted molar refractivity (Wildman–Crippen MR) is 105 cm³/mol. The van der Waals surface area contributed by atoms with E-state index in [0.717, 1.165) is 43.2 Å². The van der Waals surface area contributed by atoms with Crippen LogP contribution in [0.1, 0.15) is 24.2 Å². The van der Waals surface area contributed by atoms with Crippen molar-refractivity contribution in [2.24, 2.45) is 0 Å². The van der Waals surface area contributed by atoms with Crippen LogP contribution < -0.4 is 0 Å². The quantitative estimate of drug-likeness (QED) is 0.842. The maximum Gasteiger partial charge on any atom is 0.0773 e. The van der Waals surface area contributed by atoms with Crippen molar-refractivity contribution in [3.63, 3.8) is 0 Å². The number of benzene rings is 2. The number of halogens is 1. The zero-order valence-electron chi connectivity index (χ0n) is 14.8. The molecule has 0 aliphatic carbocycles. The lowest BCUT2D eigenvalue weighted by Crippen LogP contribution is -2.43. The van der Waals surface area contributed by atoms with E-state index in [1.54, 1.807) is 18.7 Å². The van der Waals surface area contributed by atoms with Gasteiger partial charge in [0.1, 0.15) is 0 Å². The highest BCUT2D eigenvalue weighted by Crippen LogP contribution is 2.36. The molecule has 2 aromatic rings. The fraction of sp³-hybridized carbons (Fsp3) is 0.400. The molecule has 1 aliphatic rings. The van der Waals surface area contributed by atoms with Gasteiger partial charge in [0, 0.05) is 47.5 Å². The molecule has 1 heterocycles. The van der Waals surface area contributed by atoms with Crippen molar-refractivity contribution in [1.82, 2.24) is 9.80 Å². The van der Waals surface area contributed by atoms with Crippen molar-refractivity contribution >= 4 is 23.4 Å². The second kappa shape index (κ2) is 8.56. The van der Waals surface area contributed by atoms with Gasteiger partial charge >= 0.3 is 0 Å². The Kier molecular flexibility index (Phi) is 6.42. The van der Waals surface area contributed by atoms with E-state index in [1.807, 2.05) is 18.2 Å². The van der Waals surface area contributed by atoms with E-state index in [0.29, 0.717) is 5.02 Å². The highest BCUT2D eigenvalue weighted by Gasteiger charge is 2.17. The van der Waals surface area contributed by atoms with Gasteiger partial charge in [0.05, 0.1) is 6.10 Å².